The molecule has 0 radical (unpaired) electrons. The standard InChI is InChI=1S/C27H28N2O5/c1-27(2,3)21-11-8-19(9-12-21)25(30)29-28-17-18-6-13-22(14-7-18)34-26(31)20-10-15-23(32-4)24(16-20)33-5/h6-17H,1-5H3,(H,29,30)/b28-17+. The normalized spacial score (nSPS) is 11.2. The zero-order chi connectivity index (χ0) is 24.7. The summed E-state index contributed by atoms with van der Waals surface area (Å²) in [6.45, 7) is 6.36. The first kappa shape index (κ1) is 24.5. The highest BCUT2D eigenvalue weighted by Crippen LogP contribution is 2.28. The minimum atomic E-state index is -0.521. The third kappa shape index (κ3) is 6.22. The largest absolute Gasteiger partial charge is 0.493 e. The second-order valence-electron chi connectivity index (χ2n) is 8.55. The van der Waals surface area contributed by atoms with Gasteiger partial charge in [0.2, 0.25) is 0 Å². The van der Waals surface area contributed by atoms with E-state index in [2.05, 4.69) is 31.3 Å². The number of amides is 1. The van der Waals surface area contributed by atoms with E-state index in [1.807, 2.05) is 12.1 Å². The van der Waals surface area contributed by atoms with Gasteiger partial charge in [0, 0.05) is 5.56 Å². The summed E-state index contributed by atoms with van der Waals surface area (Å²) in [5.74, 6) is 0.525. The van der Waals surface area contributed by atoms with E-state index in [9.17, 15) is 9.59 Å². The fraction of sp³-hybridized carbons (Fsp3) is 0.222. The van der Waals surface area contributed by atoms with Gasteiger partial charge in [0.05, 0.1) is 26.0 Å². The third-order valence-electron chi connectivity index (χ3n) is 5.10. The van der Waals surface area contributed by atoms with E-state index < -0.39 is 5.97 Å². The van der Waals surface area contributed by atoms with Crippen molar-refractivity contribution in [3.05, 3.63) is 89.0 Å². The number of esters is 1. The molecule has 0 saturated heterocycles. The molecule has 0 saturated carbocycles. The van der Waals surface area contributed by atoms with E-state index in [0.29, 0.717) is 28.4 Å². The Morgan fingerprint density at radius 3 is 2.03 bits per heavy atom. The smallest absolute Gasteiger partial charge is 0.343 e. The minimum absolute atomic E-state index is 0.0230. The van der Waals surface area contributed by atoms with Gasteiger partial charge in [-0.1, -0.05) is 32.9 Å². The molecule has 1 N–H and O–H groups in total. The van der Waals surface area contributed by atoms with Gasteiger partial charge in [0.1, 0.15) is 5.75 Å². The van der Waals surface area contributed by atoms with Crippen LogP contribution in [0.15, 0.2) is 71.8 Å². The van der Waals surface area contributed by atoms with Crippen molar-refractivity contribution in [3.8, 4) is 17.2 Å². The fourth-order valence-corrected chi connectivity index (χ4v) is 3.10. The van der Waals surface area contributed by atoms with Crippen LogP contribution in [-0.2, 0) is 5.41 Å². The summed E-state index contributed by atoms with van der Waals surface area (Å²) in [5, 5.41) is 4.00. The van der Waals surface area contributed by atoms with Crippen LogP contribution in [0.2, 0.25) is 0 Å². The van der Waals surface area contributed by atoms with Crippen LogP contribution in [0.25, 0.3) is 0 Å². The molecule has 0 aliphatic heterocycles. The topological polar surface area (TPSA) is 86.2 Å². The highest BCUT2D eigenvalue weighted by Gasteiger charge is 2.14. The summed E-state index contributed by atoms with van der Waals surface area (Å²) in [7, 11) is 3.02. The first-order valence-electron chi connectivity index (χ1n) is 10.7. The van der Waals surface area contributed by atoms with Crippen molar-refractivity contribution < 1.29 is 23.8 Å². The lowest BCUT2D eigenvalue weighted by atomic mass is 9.87. The number of carbonyl (C=O) groups excluding carboxylic acids is 2. The molecule has 3 aromatic carbocycles. The molecular weight excluding hydrogens is 432 g/mol. The molecular formula is C27H28N2O5. The number of ether oxygens (including phenoxy) is 3. The zero-order valence-corrected chi connectivity index (χ0v) is 19.9. The van der Waals surface area contributed by atoms with Crippen LogP contribution in [-0.4, -0.2) is 32.3 Å². The van der Waals surface area contributed by atoms with Crippen molar-refractivity contribution >= 4 is 18.1 Å². The van der Waals surface area contributed by atoms with Crippen LogP contribution >= 0.6 is 0 Å². The first-order valence-corrected chi connectivity index (χ1v) is 10.7. The van der Waals surface area contributed by atoms with Gasteiger partial charge >= 0.3 is 5.97 Å². The van der Waals surface area contributed by atoms with Crippen molar-refractivity contribution in [1.29, 1.82) is 0 Å². The SMILES string of the molecule is COc1ccc(C(=O)Oc2ccc(/C=N/NC(=O)c3ccc(C(C)(C)C)cc3)cc2)cc1OC. The summed E-state index contributed by atoms with van der Waals surface area (Å²) in [6, 6.07) is 19.0. The number of methoxy groups -OCH3 is 2. The van der Waals surface area contributed by atoms with Crippen molar-refractivity contribution in [2.45, 2.75) is 26.2 Å². The molecule has 0 heterocycles. The lowest BCUT2D eigenvalue weighted by Gasteiger charge is -2.18. The first-order chi connectivity index (χ1) is 16.2. The van der Waals surface area contributed by atoms with Gasteiger partial charge in [0.25, 0.3) is 5.91 Å². The van der Waals surface area contributed by atoms with Crippen molar-refractivity contribution in [1.82, 2.24) is 5.43 Å². The van der Waals surface area contributed by atoms with Crippen molar-refractivity contribution in [3.63, 3.8) is 0 Å². The number of nitrogens with one attached hydrogen (secondary N) is 1. The van der Waals surface area contributed by atoms with Crippen molar-refractivity contribution in [2.24, 2.45) is 5.10 Å². The maximum absolute atomic E-state index is 12.4. The fourth-order valence-electron chi connectivity index (χ4n) is 3.10. The van der Waals surface area contributed by atoms with Gasteiger partial charge in [-0.2, -0.15) is 5.10 Å². The average Bonchev–Trinajstić information content (AvgIpc) is 2.84. The Kier molecular flexibility index (Phi) is 7.68. The third-order valence-corrected chi connectivity index (χ3v) is 5.10. The van der Waals surface area contributed by atoms with Crippen LogP contribution in [0.1, 0.15) is 52.6 Å². The van der Waals surface area contributed by atoms with E-state index in [0.717, 1.165) is 11.1 Å². The van der Waals surface area contributed by atoms with Crippen LogP contribution in [0.4, 0.5) is 0 Å². The summed E-state index contributed by atoms with van der Waals surface area (Å²) < 4.78 is 15.8. The van der Waals surface area contributed by atoms with E-state index in [1.54, 1.807) is 54.6 Å². The Balaban J connectivity index is 1.57. The molecule has 3 rings (SSSR count). The van der Waals surface area contributed by atoms with Crippen LogP contribution in [0.3, 0.4) is 0 Å². The molecule has 0 unspecified atom stereocenters. The minimum Gasteiger partial charge on any atom is -0.493 e. The molecule has 0 atom stereocenters. The van der Waals surface area contributed by atoms with E-state index in [4.69, 9.17) is 14.2 Å². The van der Waals surface area contributed by atoms with Gasteiger partial charge in [-0.15, -0.1) is 0 Å². The molecule has 176 valence electrons. The van der Waals surface area contributed by atoms with Crippen LogP contribution < -0.4 is 19.6 Å². The van der Waals surface area contributed by atoms with Crippen LogP contribution in [0, 0.1) is 0 Å². The molecule has 34 heavy (non-hydrogen) atoms. The number of carbonyl (C=O) groups is 2. The maximum Gasteiger partial charge on any atom is 0.343 e. The number of hydrogen-bond donors (Lipinski definition) is 1. The maximum atomic E-state index is 12.4. The Labute approximate surface area is 199 Å². The Bertz CT molecular complexity index is 1180. The van der Waals surface area contributed by atoms with Gasteiger partial charge < -0.3 is 14.2 Å². The lowest BCUT2D eigenvalue weighted by Crippen LogP contribution is -2.18. The molecule has 7 heteroatoms. The second kappa shape index (κ2) is 10.7. The Morgan fingerprint density at radius 1 is 0.824 bits per heavy atom. The zero-order valence-electron chi connectivity index (χ0n) is 19.9. The predicted octanol–water partition coefficient (Wildman–Crippen LogP) is 4.98. The van der Waals surface area contributed by atoms with E-state index >= 15 is 0 Å². The van der Waals surface area contributed by atoms with Gasteiger partial charge in [0.15, 0.2) is 11.5 Å². The number of benzene rings is 3. The summed E-state index contributed by atoms with van der Waals surface area (Å²) in [4.78, 5) is 24.7. The quantitative estimate of drug-likeness (QED) is 0.232. The van der Waals surface area contributed by atoms with Gasteiger partial charge in [-0.25, -0.2) is 10.2 Å². The molecule has 0 fully saturated rings. The molecule has 7 nitrogen and oxygen atoms in total. The summed E-state index contributed by atoms with van der Waals surface area (Å²) in [6.07, 6.45) is 1.52. The summed E-state index contributed by atoms with van der Waals surface area (Å²) >= 11 is 0. The Hall–Kier alpha value is -4.13. The lowest BCUT2D eigenvalue weighted by molar-refractivity contribution is 0.0734. The molecule has 0 aromatic heterocycles. The number of nitrogens with zero attached hydrogens (tertiary/aromatic N) is 1. The van der Waals surface area contributed by atoms with Gasteiger partial charge in [-0.05, 0) is 71.1 Å². The highest BCUT2D eigenvalue weighted by atomic mass is 16.5. The van der Waals surface area contributed by atoms with E-state index in [1.165, 1.54) is 20.4 Å². The molecule has 0 aliphatic rings. The predicted molar refractivity (Wildman–Crippen MR) is 131 cm³/mol. The second-order valence-corrected chi connectivity index (χ2v) is 8.55. The van der Waals surface area contributed by atoms with E-state index in [-0.39, 0.29) is 11.3 Å². The molecule has 0 spiro atoms. The average molecular weight is 461 g/mol. The molecule has 1 amide bonds. The molecule has 0 bridgehead atoms. The molecule has 3 aromatic rings. The number of hydrogen-bond acceptors (Lipinski definition) is 6. The Morgan fingerprint density at radius 2 is 1.44 bits per heavy atom. The van der Waals surface area contributed by atoms with Gasteiger partial charge in [-0.3, -0.25) is 4.79 Å². The number of hydrazone groups is 1. The van der Waals surface area contributed by atoms with Crippen molar-refractivity contribution in [2.75, 3.05) is 14.2 Å². The van der Waals surface area contributed by atoms with Crippen LogP contribution in [0.5, 0.6) is 17.2 Å². The number of rotatable bonds is 7. The summed E-state index contributed by atoms with van der Waals surface area (Å²) in [5.41, 5.74) is 5.29. The highest BCUT2D eigenvalue weighted by molar-refractivity contribution is 5.95. The monoisotopic (exact) mass is 460 g/mol. The molecule has 0 aliphatic carbocycles.